The zero-order valence-electron chi connectivity index (χ0n) is 6.39. The van der Waals surface area contributed by atoms with Crippen LogP contribution in [0.3, 0.4) is 0 Å². The Labute approximate surface area is 88.3 Å². The second-order valence-corrected chi connectivity index (χ2v) is 3.90. The monoisotopic (exact) mass is 293 g/mol. The van der Waals surface area contributed by atoms with Crippen LogP contribution in [0, 0.1) is 0 Å². The van der Waals surface area contributed by atoms with Crippen molar-refractivity contribution in [1.82, 2.24) is 0 Å². The summed E-state index contributed by atoms with van der Waals surface area (Å²) in [6.45, 7) is 1.05. The average molecular weight is 295 g/mol. The number of ether oxygens (including phenoxy) is 1. The Hall–Kier alpha value is -0.0600. The van der Waals surface area contributed by atoms with Crippen molar-refractivity contribution < 1.29 is 4.74 Å². The van der Waals surface area contributed by atoms with Crippen LogP contribution in [0.5, 0.6) is 5.75 Å². The minimum Gasteiger partial charge on any atom is -0.490 e. The first-order chi connectivity index (χ1) is 5.75. The quantitative estimate of drug-likeness (QED) is 0.930. The molecule has 0 aromatic heterocycles. The normalized spacial score (nSPS) is 9.92. The smallest absolute Gasteiger partial charge is 0.147 e. The lowest BCUT2D eigenvalue weighted by Gasteiger charge is -2.08. The van der Waals surface area contributed by atoms with E-state index in [4.69, 9.17) is 10.5 Å². The van der Waals surface area contributed by atoms with E-state index in [2.05, 4.69) is 31.9 Å². The van der Waals surface area contributed by atoms with Gasteiger partial charge in [-0.2, -0.15) is 0 Å². The first-order valence-electron chi connectivity index (χ1n) is 3.52. The maximum atomic E-state index is 5.40. The predicted molar refractivity (Wildman–Crippen MR) is 56.4 cm³/mol. The van der Waals surface area contributed by atoms with Crippen LogP contribution in [-0.2, 0) is 0 Å². The van der Waals surface area contributed by atoms with Crippen molar-refractivity contribution in [1.29, 1.82) is 0 Å². The van der Waals surface area contributed by atoms with Crippen LogP contribution in [0.2, 0.25) is 0 Å². The van der Waals surface area contributed by atoms with Crippen molar-refractivity contribution in [2.24, 2.45) is 5.73 Å². The van der Waals surface area contributed by atoms with Gasteiger partial charge < -0.3 is 10.5 Å². The first kappa shape index (κ1) is 10.0. The Morgan fingerprint density at radius 3 is 2.33 bits per heavy atom. The number of hydrogen-bond donors (Lipinski definition) is 1. The summed E-state index contributed by atoms with van der Waals surface area (Å²) in [5.41, 5.74) is 5.32. The van der Waals surface area contributed by atoms with Crippen molar-refractivity contribution in [3.63, 3.8) is 0 Å². The highest BCUT2D eigenvalue weighted by Gasteiger charge is 2.03. The molecule has 1 rings (SSSR count). The summed E-state index contributed by atoms with van der Waals surface area (Å²) in [6.07, 6.45) is 0. The van der Waals surface area contributed by atoms with E-state index in [9.17, 15) is 0 Å². The van der Waals surface area contributed by atoms with Gasteiger partial charge in [0.1, 0.15) is 12.4 Å². The number of nitrogens with two attached hydrogens (primary N) is 1. The van der Waals surface area contributed by atoms with E-state index in [0.29, 0.717) is 13.2 Å². The highest BCUT2D eigenvalue weighted by Crippen LogP contribution is 2.32. The van der Waals surface area contributed by atoms with E-state index >= 15 is 0 Å². The lowest BCUT2D eigenvalue weighted by atomic mass is 10.3. The summed E-state index contributed by atoms with van der Waals surface area (Å²) in [6, 6.07) is 5.79. The van der Waals surface area contributed by atoms with E-state index < -0.39 is 0 Å². The zero-order chi connectivity index (χ0) is 8.97. The first-order valence-corrected chi connectivity index (χ1v) is 5.11. The van der Waals surface area contributed by atoms with Crippen molar-refractivity contribution in [3.8, 4) is 5.75 Å². The third-order valence-electron chi connectivity index (χ3n) is 1.28. The number of para-hydroxylation sites is 1. The van der Waals surface area contributed by atoms with Gasteiger partial charge in [-0.15, -0.1) is 0 Å². The van der Waals surface area contributed by atoms with Gasteiger partial charge in [-0.25, -0.2) is 0 Å². The minimum absolute atomic E-state index is 0.522. The second kappa shape index (κ2) is 4.84. The fourth-order valence-corrected chi connectivity index (χ4v) is 2.01. The molecule has 12 heavy (non-hydrogen) atoms. The van der Waals surface area contributed by atoms with E-state index in [1.54, 1.807) is 0 Å². The van der Waals surface area contributed by atoms with Gasteiger partial charge in [0.25, 0.3) is 0 Å². The molecule has 0 aliphatic carbocycles. The fraction of sp³-hybridized carbons (Fsp3) is 0.250. The van der Waals surface area contributed by atoms with Crippen molar-refractivity contribution in [2.75, 3.05) is 13.2 Å². The molecule has 2 nitrogen and oxygen atoms in total. The van der Waals surface area contributed by atoms with Crippen LogP contribution in [0.1, 0.15) is 0 Å². The third kappa shape index (κ3) is 2.47. The van der Waals surface area contributed by atoms with Crippen molar-refractivity contribution in [3.05, 3.63) is 27.1 Å². The summed E-state index contributed by atoms with van der Waals surface area (Å²) in [5, 5.41) is 0. The molecule has 0 spiro atoms. The van der Waals surface area contributed by atoms with Gasteiger partial charge in [-0.3, -0.25) is 0 Å². The maximum Gasteiger partial charge on any atom is 0.147 e. The highest BCUT2D eigenvalue weighted by molar-refractivity contribution is 9.11. The molecule has 0 amide bonds. The molecule has 4 heteroatoms. The van der Waals surface area contributed by atoms with Gasteiger partial charge in [0.05, 0.1) is 8.95 Å². The predicted octanol–water partition coefficient (Wildman–Crippen LogP) is 2.55. The molecule has 0 heterocycles. The van der Waals surface area contributed by atoms with Crippen molar-refractivity contribution >= 4 is 31.9 Å². The number of halogens is 2. The fourth-order valence-electron chi connectivity index (χ4n) is 0.781. The molecule has 0 bridgehead atoms. The van der Waals surface area contributed by atoms with Crippen molar-refractivity contribution in [2.45, 2.75) is 0 Å². The van der Waals surface area contributed by atoms with Crippen LogP contribution in [0.4, 0.5) is 0 Å². The molecule has 0 fully saturated rings. The molecular formula is C8H9Br2NO. The summed E-state index contributed by atoms with van der Waals surface area (Å²) in [5.74, 6) is 0.808. The molecule has 0 radical (unpaired) electrons. The molecule has 0 aliphatic heterocycles. The SMILES string of the molecule is NCCOc1c(Br)cccc1Br. The van der Waals surface area contributed by atoms with Gasteiger partial charge in [0.15, 0.2) is 0 Å². The Morgan fingerprint density at radius 1 is 1.25 bits per heavy atom. The Kier molecular flexibility index (Phi) is 4.05. The minimum atomic E-state index is 0.522. The number of hydrogen-bond acceptors (Lipinski definition) is 2. The molecular weight excluding hydrogens is 286 g/mol. The summed E-state index contributed by atoms with van der Waals surface area (Å²) < 4.78 is 7.27. The molecule has 1 aromatic carbocycles. The Balaban J connectivity index is 2.81. The molecule has 0 aliphatic rings. The van der Waals surface area contributed by atoms with Crippen LogP contribution in [-0.4, -0.2) is 13.2 Å². The van der Waals surface area contributed by atoms with E-state index in [1.165, 1.54) is 0 Å². The Morgan fingerprint density at radius 2 is 1.83 bits per heavy atom. The van der Waals surface area contributed by atoms with E-state index in [1.807, 2.05) is 18.2 Å². The van der Waals surface area contributed by atoms with Gasteiger partial charge >= 0.3 is 0 Å². The van der Waals surface area contributed by atoms with E-state index in [-0.39, 0.29) is 0 Å². The zero-order valence-corrected chi connectivity index (χ0v) is 9.56. The lowest BCUT2D eigenvalue weighted by molar-refractivity contribution is 0.324. The van der Waals surface area contributed by atoms with Gasteiger partial charge in [0, 0.05) is 6.54 Å². The number of benzene rings is 1. The van der Waals surface area contributed by atoms with Crippen LogP contribution < -0.4 is 10.5 Å². The number of rotatable bonds is 3. The van der Waals surface area contributed by atoms with Crippen LogP contribution >= 0.6 is 31.9 Å². The van der Waals surface area contributed by atoms with Crippen LogP contribution in [0.25, 0.3) is 0 Å². The molecule has 66 valence electrons. The molecule has 0 atom stereocenters. The highest BCUT2D eigenvalue weighted by atomic mass is 79.9. The van der Waals surface area contributed by atoms with E-state index in [0.717, 1.165) is 14.7 Å². The second-order valence-electron chi connectivity index (χ2n) is 2.19. The van der Waals surface area contributed by atoms with Gasteiger partial charge in [0.2, 0.25) is 0 Å². The van der Waals surface area contributed by atoms with Gasteiger partial charge in [-0.1, -0.05) is 6.07 Å². The molecule has 0 saturated heterocycles. The van der Waals surface area contributed by atoms with Crippen LogP contribution in [0.15, 0.2) is 27.1 Å². The standard InChI is InChI=1S/C8H9Br2NO/c9-6-2-1-3-7(10)8(6)12-5-4-11/h1-3H,4-5,11H2. The lowest BCUT2D eigenvalue weighted by Crippen LogP contribution is -2.11. The average Bonchev–Trinajstić information content (AvgIpc) is 2.04. The molecule has 2 N–H and O–H groups in total. The Bertz CT molecular complexity index is 245. The maximum absolute atomic E-state index is 5.40. The largest absolute Gasteiger partial charge is 0.490 e. The topological polar surface area (TPSA) is 35.2 Å². The molecule has 0 saturated carbocycles. The molecule has 0 unspecified atom stereocenters. The van der Waals surface area contributed by atoms with Gasteiger partial charge in [-0.05, 0) is 44.0 Å². The third-order valence-corrected chi connectivity index (χ3v) is 2.53. The molecule has 1 aromatic rings. The summed E-state index contributed by atoms with van der Waals surface area (Å²) >= 11 is 6.76. The summed E-state index contributed by atoms with van der Waals surface area (Å²) in [7, 11) is 0. The summed E-state index contributed by atoms with van der Waals surface area (Å²) in [4.78, 5) is 0.